The average Bonchev–Trinajstić information content (AvgIpc) is 3.16. The van der Waals surface area contributed by atoms with Gasteiger partial charge in [-0.15, -0.1) is 0 Å². The Morgan fingerprint density at radius 3 is 2.39 bits per heavy atom. The minimum Gasteiger partial charge on any atom is -0.386 e. The molecule has 0 amide bonds. The summed E-state index contributed by atoms with van der Waals surface area (Å²) >= 11 is 0. The van der Waals surface area contributed by atoms with E-state index in [1.54, 1.807) is 0 Å². The second-order valence-electron chi connectivity index (χ2n) is 7.84. The molecule has 146 valence electrons. The number of benzene rings is 2. The molecule has 2 N–H and O–H groups in total. The van der Waals surface area contributed by atoms with Crippen molar-refractivity contribution in [2.45, 2.75) is 50.2 Å². The van der Waals surface area contributed by atoms with Crippen molar-refractivity contribution in [1.82, 2.24) is 4.98 Å². The maximum absolute atomic E-state index is 12.3. The fourth-order valence-corrected chi connectivity index (χ4v) is 4.77. The number of aliphatic hydroxyl groups is 1. The van der Waals surface area contributed by atoms with Crippen molar-refractivity contribution in [3.8, 4) is 0 Å². The lowest BCUT2D eigenvalue weighted by molar-refractivity contribution is -0.539. The van der Waals surface area contributed by atoms with Gasteiger partial charge in [-0.25, -0.2) is 0 Å². The second-order valence-corrected chi connectivity index (χ2v) is 7.84. The minimum absolute atomic E-state index is 0.0134. The zero-order valence-corrected chi connectivity index (χ0v) is 15.8. The summed E-state index contributed by atoms with van der Waals surface area (Å²) in [6.07, 6.45) is 5.85. The molecule has 0 radical (unpaired) electrons. The highest BCUT2D eigenvalue weighted by molar-refractivity contribution is 5.84. The number of fused-ring (bicyclic) bond motifs is 1. The van der Waals surface area contributed by atoms with E-state index in [1.165, 1.54) is 0 Å². The Bertz CT molecular complexity index is 931. The molecule has 3 atom stereocenters. The highest BCUT2D eigenvalue weighted by Gasteiger charge is 2.44. The first-order valence-electron chi connectivity index (χ1n) is 10.1. The number of H-pyrrole nitrogens is 1. The van der Waals surface area contributed by atoms with Crippen LogP contribution in [0.25, 0.3) is 10.9 Å². The molecule has 0 saturated heterocycles. The summed E-state index contributed by atoms with van der Waals surface area (Å²) in [5.41, 5.74) is 2.69. The van der Waals surface area contributed by atoms with Crippen molar-refractivity contribution in [2.24, 2.45) is 5.92 Å². The third kappa shape index (κ3) is 3.54. The maximum Gasteiger partial charge on any atom is 0.249 e. The Hall–Kier alpha value is -2.66. The van der Waals surface area contributed by atoms with Crippen LogP contribution in [0.5, 0.6) is 0 Å². The van der Waals surface area contributed by atoms with Gasteiger partial charge in [0, 0.05) is 22.0 Å². The van der Waals surface area contributed by atoms with E-state index in [4.69, 9.17) is 0 Å². The Kier molecular flexibility index (Phi) is 5.44. The van der Waals surface area contributed by atoms with E-state index >= 15 is 0 Å². The van der Waals surface area contributed by atoms with Crippen LogP contribution in [0.4, 0.5) is 0 Å². The van der Waals surface area contributed by atoms with Crippen LogP contribution in [-0.2, 0) is 0 Å². The van der Waals surface area contributed by atoms with Crippen molar-refractivity contribution in [3.05, 3.63) is 82.0 Å². The topological polar surface area (TPSA) is 79.2 Å². The average molecular weight is 378 g/mol. The van der Waals surface area contributed by atoms with Crippen molar-refractivity contribution in [3.63, 3.8) is 0 Å². The third-order valence-corrected chi connectivity index (χ3v) is 6.18. The molecule has 1 aromatic heterocycles. The van der Waals surface area contributed by atoms with E-state index < -0.39 is 18.1 Å². The summed E-state index contributed by atoms with van der Waals surface area (Å²) in [5.74, 6) is -0.523. The van der Waals surface area contributed by atoms with E-state index in [-0.39, 0.29) is 10.8 Å². The van der Waals surface area contributed by atoms with Gasteiger partial charge in [0.2, 0.25) is 6.04 Å². The predicted molar refractivity (Wildman–Crippen MR) is 110 cm³/mol. The summed E-state index contributed by atoms with van der Waals surface area (Å²) in [7, 11) is 0. The summed E-state index contributed by atoms with van der Waals surface area (Å²) < 4.78 is 0. The Balaban J connectivity index is 1.82. The zero-order valence-electron chi connectivity index (χ0n) is 15.8. The van der Waals surface area contributed by atoms with Crippen LogP contribution < -0.4 is 0 Å². The first kappa shape index (κ1) is 18.7. The van der Waals surface area contributed by atoms with Gasteiger partial charge in [0.1, 0.15) is 6.10 Å². The number of aromatic nitrogens is 1. The number of nitrogens with one attached hydrogen (secondary N) is 1. The SMILES string of the molecule is O=[N+]([O-])[C@H]([C@H](c1ccccc1)c1c[nH]c2ccccc12)[C@H](O)C1CCCCC1. The summed E-state index contributed by atoms with van der Waals surface area (Å²) in [6, 6.07) is 16.3. The number of para-hydroxylation sites is 1. The first-order valence-corrected chi connectivity index (χ1v) is 10.1. The molecule has 0 spiro atoms. The van der Waals surface area contributed by atoms with E-state index in [1.807, 2.05) is 60.8 Å². The van der Waals surface area contributed by atoms with Gasteiger partial charge in [-0.2, -0.15) is 0 Å². The molecule has 5 heteroatoms. The van der Waals surface area contributed by atoms with Crippen molar-refractivity contribution >= 4 is 10.9 Å². The number of nitro groups is 1. The molecular formula is C23H26N2O3. The van der Waals surface area contributed by atoms with Crippen LogP contribution in [0.15, 0.2) is 60.8 Å². The van der Waals surface area contributed by atoms with Crippen LogP contribution >= 0.6 is 0 Å². The standard InChI is InChI=1S/C23H26N2O3/c26-23(17-11-5-2-6-12-17)22(25(27)28)21(16-9-3-1-4-10-16)19-15-24-20-14-8-7-13-18(19)20/h1,3-4,7-10,13-15,17,21-24,26H,2,5-6,11-12H2/t21-,22-,23-/m1/s1. The van der Waals surface area contributed by atoms with E-state index in [0.29, 0.717) is 0 Å². The molecule has 1 saturated carbocycles. The van der Waals surface area contributed by atoms with Gasteiger partial charge in [-0.1, -0.05) is 67.8 Å². The fraction of sp³-hybridized carbons (Fsp3) is 0.391. The number of hydrogen-bond donors (Lipinski definition) is 2. The third-order valence-electron chi connectivity index (χ3n) is 6.18. The van der Waals surface area contributed by atoms with Crippen LogP contribution in [0.2, 0.25) is 0 Å². The van der Waals surface area contributed by atoms with E-state index in [0.717, 1.165) is 54.1 Å². The van der Waals surface area contributed by atoms with Crippen LogP contribution in [0, 0.1) is 16.0 Å². The normalized spacial score (nSPS) is 18.6. The van der Waals surface area contributed by atoms with Crippen LogP contribution in [0.1, 0.15) is 49.1 Å². The lowest BCUT2D eigenvalue weighted by Gasteiger charge is -2.32. The van der Waals surface area contributed by atoms with Crippen molar-refractivity contribution in [1.29, 1.82) is 0 Å². The zero-order chi connectivity index (χ0) is 19.5. The molecule has 28 heavy (non-hydrogen) atoms. The molecule has 3 aromatic rings. The summed E-state index contributed by atoms with van der Waals surface area (Å²) in [5, 5.41) is 24.4. The number of aliphatic hydroxyl groups excluding tert-OH is 1. The van der Waals surface area contributed by atoms with E-state index in [2.05, 4.69) is 4.98 Å². The van der Waals surface area contributed by atoms with Gasteiger partial charge in [0.15, 0.2) is 0 Å². The molecule has 0 unspecified atom stereocenters. The summed E-state index contributed by atoms with van der Waals surface area (Å²) in [4.78, 5) is 15.2. The monoisotopic (exact) mass is 378 g/mol. The second kappa shape index (κ2) is 8.15. The van der Waals surface area contributed by atoms with Crippen molar-refractivity contribution < 1.29 is 10.0 Å². The highest BCUT2D eigenvalue weighted by Crippen LogP contribution is 2.39. The molecule has 2 aromatic carbocycles. The lowest BCUT2D eigenvalue weighted by Crippen LogP contribution is -2.44. The summed E-state index contributed by atoms with van der Waals surface area (Å²) in [6.45, 7) is 0. The molecule has 0 bridgehead atoms. The molecule has 1 aliphatic carbocycles. The minimum atomic E-state index is -1.08. The highest BCUT2D eigenvalue weighted by atomic mass is 16.6. The van der Waals surface area contributed by atoms with Crippen LogP contribution in [-0.4, -0.2) is 27.2 Å². The molecule has 5 nitrogen and oxygen atoms in total. The molecular weight excluding hydrogens is 352 g/mol. The largest absolute Gasteiger partial charge is 0.386 e. The molecule has 0 aliphatic heterocycles. The molecule has 1 aliphatic rings. The molecule has 1 heterocycles. The van der Waals surface area contributed by atoms with Crippen LogP contribution in [0.3, 0.4) is 0 Å². The number of aromatic amines is 1. The smallest absolute Gasteiger partial charge is 0.249 e. The quantitative estimate of drug-likeness (QED) is 0.474. The molecule has 4 rings (SSSR count). The number of rotatable bonds is 6. The van der Waals surface area contributed by atoms with Gasteiger partial charge in [-0.05, 0) is 36.0 Å². The van der Waals surface area contributed by atoms with Crippen molar-refractivity contribution in [2.75, 3.05) is 0 Å². The Morgan fingerprint density at radius 2 is 1.68 bits per heavy atom. The fourth-order valence-electron chi connectivity index (χ4n) is 4.77. The van der Waals surface area contributed by atoms with Gasteiger partial charge < -0.3 is 10.1 Å². The maximum atomic E-state index is 12.3. The molecule has 1 fully saturated rings. The van der Waals surface area contributed by atoms with Gasteiger partial charge in [0.25, 0.3) is 0 Å². The number of hydrogen-bond acceptors (Lipinski definition) is 3. The lowest BCUT2D eigenvalue weighted by atomic mass is 9.75. The number of nitrogens with zero attached hydrogens (tertiary/aromatic N) is 1. The van der Waals surface area contributed by atoms with Gasteiger partial charge >= 0.3 is 0 Å². The van der Waals surface area contributed by atoms with Gasteiger partial charge in [0.05, 0.1) is 5.92 Å². The Morgan fingerprint density at radius 1 is 1.00 bits per heavy atom. The Labute approximate surface area is 164 Å². The van der Waals surface area contributed by atoms with E-state index in [9.17, 15) is 15.2 Å². The predicted octanol–water partition coefficient (Wildman–Crippen LogP) is 4.89. The first-order chi connectivity index (χ1) is 13.7. The van der Waals surface area contributed by atoms with Gasteiger partial charge in [-0.3, -0.25) is 10.1 Å².